The van der Waals surface area contributed by atoms with Gasteiger partial charge in [-0.15, -0.1) is 0 Å². The molecule has 0 aromatic heterocycles. The Bertz CT molecular complexity index is 727. The van der Waals surface area contributed by atoms with E-state index >= 15 is 0 Å². The monoisotopic (exact) mass is 345 g/mol. The normalized spacial score (nSPS) is 22.3. The average Bonchev–Trinajstić information content (AvgIpc) is 3.10. The fourth-order valence-corrected chi connectivity index (χ4v) is 3.14. The first-order valence-electron chi connectivity index (χ1n) is 8.05. The molecule has 2 heterocycles. The van der Waals surface area contributed by atoms with E-state index in [0.717, 1.165) is 4.90 Å². The molecule has 2 aliphatic rings. The van der Waals surface area contributed by atoms with E-state index in [4.69, 9.17) is 0 Å². The van der Waals surface area contributed by atoms with Crippen molar-refractivity contribution in [1.29, 1.82) is 0 Å². The smallest absolute Gasteiger partial charge is 0.317 e. The Morgan fingerprint density at radius 1 is 1.20 bits per heavy atom. The summed E-state index contributed by atoms with van der Waals surface area (Å²) in [7, 11) is 0. The van der Waals surface area contributed by atoms with E-state index < -0.39 is 11.4 Å². The number of carbonyl (C=O) groups excluding carboxylic acids is 3. The van der Waals surface area contributed by atoms with Crippen molar-refractivity contribution in [1.82, 2.24) is 15.1 Å². The number of nitrogens with zero attached hydrogens (tertiary/aromatic N) is 2. The maximum absolute atomic E-state index is 12.2. The van der Waals surface area contributed by atoms with Crippen LogP contribution in [0.15, 0.2) is 24.3 Å². The summed E-state index contributed by atoms with van der Waals surface area (Å²) in [6, 6.07) is 6.21. The van der Waals surface area contributed by atoms with Gasteiger partial charge in [0.2, 0.25) is 0 Å². The minimum absolute atomic E-state index is 0.0716. The van der Waals surface area contributed by atoms with Crippen LogP contribution < -0.4 is 5.32 Å². The number of imide groups is 1. The molecular formula is C17H19N3O5. The molecule has 0 saturated carbocycles. The number of urea groups is 1. The summed E-state index contributed by atoms with van der Waals surface area (Å²) < 4.78 is 0. The average molecular weight is 345 g/mol. The van der Waals surface area contributed by atoms with Crippen molar-refractivity contribution in [3.63, 3.8) is 0 Å². The summed E-state index contributed by atoms with van der Waals surface area (Å²) in [6.07, 6.45) is 0.397. The number of hydrogen-bond acceptors (Lipinski definition) is 4. The summed E-state index contributed by atoms with van der Waals surface area (Å²) in [5.41, 5.74) is -0.189. The van der Waals surface area contributed by atoms with Gasteiger partial charge in [-0.05, 0) is 25.5 Å². The van der Waals surface area contributed by atoms with Gasteiger partial charge in [-0.2, -0.15) is 0 Å². The molecule has 1 aromatic rings. The van der Waals surface area contributed by atoms with Crippen LogP contribution in [0.1, 0.15) is 34.1 Å². The van der Waals surface area contributed by atoms with Crippen molar-refractivity contribution >= 4 is 23.8 Å². The molecule has 0 spiro atoms. The number of carboxylic acids is 1. The number of carboxylic acid groups (broad SMARTS) is 1. The van der Waals surface area contributed by atoms with Crippen LogP contribution in [-0.2, 0) is 4.79 Å². The van der Waals surface area contributed by atoms with Crippen LogP contribution in [0.3, 0.4) is 0 Å². The van der Waals surface area contributed by atoms with Gasteiger partial charge in [-0.3, -0.25) is 19.3 Å². The number of likely N-dealkylation sites (tertiary alicyclic amines) is 1. The minimum atomic E-state index is -0.931. The van der Waals surface area contributed by atoms with Crippen molar-refractivity contribution in [3.05, 3.63) is 35.4 Å². The summed E-state index contributed by atoms with van der Waals surface area (Å²) in [4.78, 5) is 50.3. The van der Waals surface area contributed by atoms with Gasteiger partial charge >= 0.3 is 12.0 Å². The molecule has 1 fully saturated rings. The highest BCUT2D eigenvalue weighted by Crippen LogP contribution is 2.30. The summed E-state index contributed by atoms with van der Waals surface area (Å²) in [6.45, 7) is 2.30. The third-order valence-electron chi connectivity index (χ3n) is 4.77. The van der Waals surface area contributed by atoms with Gasteiger partial charge in [0.15, 0.2) is 0 Å². The van der Waals surface area contributed by atoms with Gasteiger partial charge in [0, 0.05) is 26.2 Å². The van der Waals surface area contributed by atoms with Crippen molar-refractivity contribution in [2.45, 2.75) is 13.3 Å². The maximum Gasteiger partial charge on any atom is 0.317 e. The molecule has 1 unspecified atom stereocenters. The van der Waals surface area contributed by atoms with Crippen molar-refractivity contribution < 1.29 is 24.3 Å². The number of amides is 4. The zero-order chi connectivity index (χ0) is 18.2. The number of hydrogen-bond donors (Lipinski definition) is 2. The Balaban J connectivity index is 1.53. The number of rotatable bonds is 4. The second-order valence-electron chi connectivity index (χ2n) is 6.58. The van der Waals surface area contributed by atoms with Crippen LogP contribution in [0.25, 0.3) is 0 Å². The van der Waals surface area contributed by atoms with E-state index in [1.54, 1.807) is 31.2 Å². The fourth-order valence-electron chi connectivity index (χ4n) is 3.14. The largest absolute Gasteiger partial charge is 0.481 e. The second kappa shape index (κ2) is 6.19. The highest BCUT2D eigenvalue weighted by atomic mass is 16.4. The maximum atomic E-state index is 12.2. The van der Waals surface area contributed by atoms with Crippen LogP contribution in [0.2, 0.25) is 0 Å². The molecule has 1 aromatic carbocycles. The lowest BCUT2D eigenvalue weighted by molar-refractivity contribution is -0.147. The van der Waals surface area contributed by atoms with Gasteiger partial charge in [0.1, 0.15) is 0 Å². The number of nitrogens with one attached hydrogen (secondary N) is 1. The quantitative estimate of drug-likeness (QED) is 0.785. The number of carbonyl (C=O) groups is 4. The van der Waals surface area contributed by atoms with Gasteiger partial charge in [0.25, 0.3) is 11.8 Å². The SMILES string of the molecule is CC1(C(=O)O)CCN(C(=O)NCCN2C(=O)c3ccccc3C2=O)C1. The lowest BCUT2D eigenvalue weighted by Crippen LogP contribution is -2.44. The van der Waals surface area contributed by atoms with E-state index in [-0.39, 0.29) is 37.5 Å². The van der Waals surface area contributed by atoms with Crippen LogP contribution in [0.5, 0.6) is 0 Å². The molecule has 8 nitrogen and oxygen atoms in total. The van der Waals surface area contributed by atoms with E-state index in [0.29, 0.717) is 24.1 Å². The third kappa shape index (κ3) is 2.95. The zero-order valence-electron chi connectivity index (χ0n) is 13.8. The number of fused-ring (bicyclic) bond motifs is 1. The van der Waals surface area contributed by atoms with Gasteiger partial charge < -0.3 is 15.3 Å². The molecule has 1 saturated heterocycles. The Labute approximate surface area is 144 Å². The van der Waals surface area contributed by atoms with Gasteiger partial charge in [-0.25, -0.2) is 4.79 Å². The first kappa shape index (κ1) is 16.9. The Hall–Kier alpha value is -2.90. The summed E-state index contributed by atoms with van der Waals surface area (Å²) >= 11 is 0. The predicted octanol–water partition coefficient (Wildman–Crippen LogP) is 0.789. The first-order chi connectivity index (χ1) is 11.8. The van der Waals surface area contributed by atoms with Crippen LogP contribution in [0, 0.1) is 5.41 Å². The molecular weight excluding hydrogens is 326 g/mol. The predicted molar refractivity (Wildman–Crippen MR) is 87.1 cm³/mol. The molecule has 8 heteroatoms. The van der Waals surface area contributed by atoms with Crippen molar-refractivity contribution in [2.75, 3.05) is 26.2 Å². The van der Waals surface area contributed by atoms with Crippen molar-refractivity contribution in [2.24, 2.45) is 5.41 Å². The van der Waals surface area contributed by atoms with Gasteiger partial charge in [-0.1, -0.05) is 12.1 Å². The molecule has 25 heavy (non-hydrogen) atoms. The zero-order valence-corrected chi connectivity index (χ0v) is 13.8. The molecule has 1 atom stereocenters. The molecule has 0 radical (unpaired) electrons. The highest BCUT2D eigenvalue weighted by Gasteiger charge is 2.42. The number of benzene rings is 1. The van der Waals surface area contributed by atoms with Gasteiger partial charge in [0.05, 0.1) is 16.5 Å². The molecule has 2 aliphatic heterocycles. The molecule has 132 valence electrons. The minimum Gasteiger partial charge on any atom is -0.481 e. The topological polar surface area (TPSA) is 107 Å². The molecule has 2 N–H and O–H groups in total. The van der Waals surface area contributed by atoms with E-state index in [1.165, 1.54) is 4.90 Å². The van der Waals surface area contributed by atoms with Crippen LogP contribution in [0.4, 0.5) is 4.79 Å². The molecule has 0 bridgehead atoms. The Morgan fingerprint density at radius 2 is 1.80 bits per heavy atom. The van der Waals surface area contributed by atoms with Crippen LogP contribution >= 0.6 is 0 Å². The Morgan fingerprint density at radius 3 is 2.32 bits per heavy atom. The lowest BCUT2D eigenvalue weighted by atomic mass is 9.90. The van der Waals surface area contributed by atoms with Crippen molar-refractivity contribution in [3.8, 4) is 0 Å². The Kier molecular flexibility index (Phi) is 4.20. The summed E-state index contributed by atoms with van der Waals surface area (Å²) in [5.74, 6) is -1.65. The van der Waals surface area contributed by atoms with E-state index in [2.05, 4.69) is 5.32 Å². The first-order valence-corrected chi connectivity index (χ1v) is 8.05. The number of aliphatic carboxylic acids is 1. The molecule has 3 rings (SSSR count). The summed E-state index contributed by atoms with van der Waals surface area (Å²) in [5, 5.41) is 11.8. The third-order valence-corrected chi connectivity index (χ3v) is 4.77. The standard InChI is InChI=1S/C17H19N3O5/c1-17(15(23)24)6-8-19(10-17)16(25)18-7-9-20-13(21)11-4-2-3-5-12(11)14(20)22/h2-5H,6-10H2,1H3,(H,18,25)(H,23,24). The van der Waals surface area contributed by atoms with E-state index in [1.807, 2.05) is 0 Å². The van der Waals surface area contributed by atoms with E-state index in [9.17, 15) is 24.3 Å². The lowest BCUT2D eigenvalue weighted by Gasteiger charge is -2.21. The highest BCUT2D eigenvalue weighted by molar-refractivity contribution is 6.21. The molecule has 4 amide bonds. The molecule has 0 aliphatic carbocycles. The van der Waals surface area contributed by atoms with Crippen LogP contribution in [-0.4, -0.2) is 64.9 Å². The second-order valence-corrected chi connectivity index (χ2v) is 6.58. The fraction of sp³-hybridized carbons (Fsp3) is 0.412.